The fourth-order valence-corrected chi connectivity index (χ4v) is 4.06. The van der Waals surface area contributed by atoms with Gasteiger partial charge in [0.05, 0.1) is 18.6 Å². The summed E-state index contributed by atoms with van der Waals surface area (Å²) in [5, 5.41) is 0. The average molecular weight is 444 g/mol. The minimum Gasteiger partial charge on any atom is -0.497 e. The molecule has 164 valence electrons. The second-order valence-electron chi connectivity index (χ2n) is 6.70. The Balaban J connectivity index is 2.60. The molecule has 0 aromatic heterocycles. The fraction of sp³-hybridized carbons (Fsp3) is 0.217. The molecule has 0 amide bonds. The van der Waals surface area contributed by atoms with Crippen molar-refractivity contribution in [1.82, 2.24) is 4.72 Å². The number of hydrogen-bond acceptors (Lipinski definition) is 6. The molecule has 0 bridgehead atoms. The van der Waals surface area contributed by atoms with Gasteiger partial charge in [0.2, 0.25) is 10.0 Å². The highest BCUT2D eigenvalue weighted by Crippen LogP contribution is 2.25. The maximum atomic E-state index is 13.1. The molecule has 2 aromatic carbocycles. The summed E-state index contributed by atoms with van der Waals surface area (Å²) < 4.78 is 38.7. The van der Waals surface area contributed by atoms with Crippen LogP contribution in [0, 0.1) is 6.92 Å². The Morgan fingerprint density at radius 2 is 1.87 bits per heavy atom. The summed E-state index contributed by atoms with van der Waals surface area (Å²) in [5.41, 5.74) is -0.974. The van der Waals surface area contributed by atoms with Crippen molar-refractivity contribution in [3.8, 4) is 5.75 Å². The number of esters is 1. The van der Waals surface area contributed by atoms with Crippen molar-refractivity contribution < 1.29 is 27.5 Å². The minimum atomic E-state index is -4.22. The molecule has 0 heterocycles. The normalized spacial score (nSPS) is 13.4. The summed E-state index contributed by atoms with van der Waals surface area (Å²) in [6.45, 7) is 6.99. The van der Waals surface area contributed by atoms with Crippen molar-refractivity contribution in [3.05, 3.63) is 77.9 Å². The maximum absolute atomic E-state index is 13.1. The molecule has 0 saturated heterocycles. The predicted octanol–water partition coefficient (Wildman–Crippen LogP) is 3.05. The number of benzene rings is 2. The van der Waals surface area contributed by atoms with Gasteiger partial charge in [-0.3, -0.25) is 4.79 Å². The number of sulfonamides is 1. The van der Waals surface area contributed by atoms with E-state index in [1.54, 1.807) is 43.3 Å². The molecule has 0 fully saturated rings. The van der Waals surface area contributed by atoms with Crippen molar-refractivity contribution in [2.24, 2.45) is 0 Å². The van der Waals surface area contributed by atoms with Gasteiger partial charge in [-0.25, -0.2) is 13.2 Å². The van der Waals surface area contributed by atoms with Crippen LogP contribution in [-0.4, -0.2) is 39.9 Å². The van der Waals surface area contributed by atoms with Crippen molar-refractivity contribution in [1.29, 1.82) is 0 Å². The second-order valence-corrected chi connectivity index (χ2v) is 8.38. The molecule has 0 saturated carbocycles. The topological polar surface area (TPSA) is 98.8 Å². The van der Waals surface area contributed by atoms with Crippen LogP contribution in [0.2, 0.25) is 0 Å². The van der Waals surface area contributed by atoms with Crippen LogP contribution < -0.4 is 9.46 Å². The second kappa shape index (κ2) is 10.2. The zero-order valence-electron chi connectivity index (χ0n) is 17.6. The van der Waals surface area contributed by atoms with Gasteiger partial charge in [0.15, 0.2) is 5.54 Å². The van der Waals surface area contributed by atoms with Gasteiger partial charge in [-0.05, 0) is 49.8 Å². The summed E-state index contributed by atoms with van der Waals surface area (Å²) in [6, 6.07) is 12.9. The predicted molar refractivity (Wildman–Crippen MR) is 118 cm³/mol. The molecule has 0 aliphatic rings. The molecule has 1 unspecified atom stereocenters. The Labute approximate surface area is 182 Å². The first kappa shape index (κ1) is 24.0. The zero-order valence-corrected chi connectivity index (χ0v) is 18.4. The number of rotatable bonds is 10. The van der Waals surface area contributed by atoms with Gasteiger partial charge >= 0.3 is 5.97 Å². The van der Waals surface area contributed by atoms with E-state index in [0.717, 1.165) is 5.56 Å². The molecule has 2 rings (SSSR count). The molecule has 31 heavy (non-hydrogen) atoms. The molecular formula is C23H25NO6S. The van der Waals surface area contributed by atoms with Crippen LogP contribution in [0.4, 0.5) is 0 Å². The molecule has 0 radical (unpaired) electrons. The largest absolute Gasteiger partial charge is 0.497 e. The van der Waals surface area contributed by atoms with Crippen LogP contribution in [0.5, 0.6) is 5.75 Å². The molecule has 2 aromatic rings. The minimum absolute atomic E-state index is 0.0218. The highest BCUT2D eigenvalue weighted by atomic mass is 32.2. The average Bonchev–Trinajstić information content (AvgIpc) is 2.76. The van der Waals surface area contributed by atoms with E-state index in [0.29, 0.717) is 17.6 Å². The summed E-state index contributed by atoms with van der Waals surface area (Å²) in [5.74, 6) is -0.403. The smallest absolute Gasteiger partial charge is 0.336 e. The van der Waals surface area contributed by atoms with E-state index in [1.807, 2.05) is 6.92 Å². The number of methoxy groups -OCH3 is 1. The number of carbonyl (C=O) groups is 2. The summed E-state index contributed by atoms with van der Waals surface area (Å²) >= 11 is 0. The van der Waals surface area contributed by atoms with Crippen molar-refractivity contribution >= 4 is 28.4 Å². The molecular weight excluding hydrogens is 418 g/mol. The molecule has 8 heteroatoms. The number of nitrogens with one attached hydrogen (secondary N) is 1. The summed E-state index contributed by atoms with van der Waals surface area (Å²) in [7, 11) is -2.71. The van der Waals surface area contributed by atoms with Crippen molar-refractivity contribution in [3.63, 3.8) is 0 Å². The van der Waals surface area contributed by atoms with Crippen LogP contribution in [0.25, 0.3) is 6.08 Å². The monoisotopic (exact) mass is 443 g/mol. The van der Waals surface area contributed by atoms with Crippen LogP contribution in [0.1, 0.15) is 18.1 Å². The number of aryl methyl sites for hydroxylation is 1. The van der Waals surface area contributed by atoms with Crippen molar-refractivity contribution in [2.75, 3.05) is 13.7 Å². The Morgan fingerprint density at radius 3 is 2.45 bits per heavy atom. The lowest BCUT2D eigenvalue weighted by atomic mass is 9.91. The number of hydrogen-bond donors (Lipinski definition) is 1. The van der Waals surface area contributed by atoms with Crippen LogP contribution >= 0.6 is 0 Å². The Bertz CT molecular complexity index is 1090. The first-order valence-electron chi connectivity index (χ1n) is 9.44. The first-order valence-corrected chi connectivity index (χ1v) is 10.9. The van der Waals surface area contributed by atoms with Gasteiger partial charge < -0.3 is 9.47 Å². The Hall–Kier alpha value is -3.23. The van der Waals surface area contributed by atoms with Crippen LogP contribution in [0.15, 0.2) is 71.7 Å². The summed E-state index contributed by atoms with van der Waals surface area (Å²) in [4.78, 5) is 24.5. The highest BCUT2D eigenvalue weighted by molar-refractivity contribution is 7.89. The number of ether oxygens (including phenoxy) is 2. The molecule has 0 aliphatic carbocycles. The van der Waals surface area contributed by atoms with E-state index >= 15 is 0 Å². The number of carbonyl (C=O) groups excluding carboxylic acids is 2. The molecule has 0 spiro atoms. The maximum Gasteiger partial charge on any atom is 0.336 e. The van der Waals surface area contributed by atoms with E-state index in [1.165, 1.54) is 31.4 Å². The molecule has 0 aliphatic heterocycles. The van der Waals surface area contributed by atoms with E-state index in [-0.39, 0.29) is 17.1 Å². The highest BCUT2D eigenvalue weighted by Gasteiger charge is 2.44. The third-order valence-electron chi connectivity index (χ3n) is 4.49. The van der Waals surface area contributed by atoms with Gasteiger partial charge in [0.25, 0.3) is 0 Å². The molecule has 1 atom stereocenters. The van der Waals surface area contributed by atoms with Crippen molar-refractivity contribution in [2.45, 2.75) is 24.3 Å². The number of aldehydes is 1. The third-order valence-corrected chi connectivity index (χ3v) is 5.98. The summed E-state index contributed by atoms with van der Waals surface area (Å²) in [6.07, 6.45) is 3.07. The zero-order chi connectivity index (χ0) is 23.1. The van der Waals surface area contributed by atoms with Crippen LogP contribution in [-0.2, 0) is 24.3 Å². The Morgan fingerprint density at radius 1 is 1.19 bits per heavy atom. The third kappa shape index (κ3) is 5.68. The fourth-order valence-electron chi connectivity index (χ4n) is 2.74. The van der Waals surface area contributed by atoms with E-state index in [4.69, 9.17) is 9.47 Å². The standard InChI is InChI=1S/C23H25NO6S/c1-5-30-22(26)23(18(3)16-25,14-13-19-7-6-8-20(15-19)29-4)24-31(27,28)21-11-9-17(2)10-12-21/h6-16,24H,3,5H2,1-2,4H3/b14-13+. The Kier molecular flexibility index (Phi) is 7.90. The SMILES string of the molecule is C=C(C=O)C(/C=C/c1cccc(OC)c1)(NS(=O)(=O)c1ccc(C)cc1)C(=O)OCC. The first-order chi connectivity index (χ1) is 14.7. The van der Waals surface area contributed by atoms with Gasteiger partial charge in [-0.1, -0.05) is 42.5 Å². The van der Waals surface area contributed by atoms with Gasteiger partial charge in [0, 0.05) is 5.57 Å². The lowest BCUT2D eigenvalue weighted by molar-refractivity contribution is -0.147. The molecule has 7 nitrogen and oxygen atoms in total. The van der Waals surface area contributed by atoms with E-state index in [2.05, 4.69) is 11.3 Å². The lowest BCUT2D eigenvalue weighted by Gasteiger charge is -2.29. The van der Waals surface area contributed by atoms with Gasteiger partial charge in [0.1, 0.15) is 12.0 Å². The van der Waals surface area contributed by atoms with Crippen LogP contribution in [0.3, 0.4) is 0 Å². The van der Waals surface area contributed by atoms with E-state index < -0.39 is 21.5 Å². The quantitative estimate of drug-likeness (QED) is 0.344. The van der Waals surface area contributed by atoms with E-state index in [9.17, 15) is 18.0 Å². The van der Waals surface area contributed by atoms with Gasteiger partial charge in [-0.15, -0.1) is 0 Å². The molecule has 1 N–H and O–H groups in total. The lowest BCUT2D eigenvalue weighted by Crippen LogP contribution is -2.55. The van der Waals surface area contributed by atoms with Gasteiger partial charge in [-0.2, -0.15) is 4.72 Å².